The van der Waals surface area contributed by atoms with E-state index in [-0.39, 0.29) is 0 Å². The fraction of sp³-hybridized carbons (Fsp3) is 0. The quantitative estimate of drug-likeness (QED) is 0.570. The molecule has 3 aromatic rings. The van der Waals surface area contributed by atoms with E-state index in [0.29, 0.717) is 5.15 Å². The van der Waals surface area contributed by atoms with Crippen LogP contribution in [-0.4, -0.2) is 4.98 Å². The van der Waals surface area contributed by atoms with Gasteiger partial charge in [-0.05, 0) is 22.9 Å². The van der Waals surface area contributed by atoms with Gasteiger partial charge in [-0.2, -0.15) is 0 Å². The molecule has 16 heavy (non-hydrogen) atoms. The number of thiophene rings is 1. The average Bonchev–Trinajstić information content (AvgIpc) is 2.82. The Hall–Kier alpha value is -1.38. The van der Waals surface area contributed by atoms with Crippen LogP contribution >= 0.6 is 22.9 Å². The summed E-state index contributed by atoms with van der Waals surface area (Å²) in [5, 5.41) is 4.75. The first kappa shape index (κ1) is 9.82. The van der Waals surface area contributed by atoms with Gasteiger partial charge < -0.3 is 0 Å². The predicted octanol–water partition coefficient (Wildman–Crippen LogP) is 4.62. The Kier molecular flexibility index (Phi) is 2.39. The van der Waals surface area contributed by atoms with Crippen LogP contribution in [0.1, 0.15) is 0 Å². The van der Waals surface area contributed by atoms with Crippen molar-refractivity contribution in [2.24, 2.45) is 0 Å². The molecule has 2 aromatic heterocycles. The molecule has 0 bridgehead atoms. The number of fused-ring (bicyclic) bond motifs is 1. The van der Waals surface area contributed by atoms with Gasteiger partial charge in [0.15, 0.2) is 0 Å². The predicted molar refractivity (Wildman–Crippen MR) is 70.1 cm³/mol. The van der Waals surface area contributed by atoms with E-state index in [1.807, 2.05) is 29.6 Å². The zero-order chi connectivity index (χ0) is 11.0. The van der Waals surface area contributed by atoms with Gasteiger partial charge in [-0.25, -0.2) is 4.98 Å². The lowest BCUT2D eigenvalue weighted by Gasteiger charge is -2.03. The maximum atomic E-state index is 6.17. The Bertz CT molecular complexity index is 631. The monoisotopic (exact) mass is 245 g/mol. The summed E-state index contributed by atoms with van der Waals surface area (Å²) in [6, 6.07) is 14.2. The lowest BCUT2D eigenvalue weighted by Crippen LogP contribution is -1.83. The van der Waals surface area contributed by atoms with Gasteiger partial charge in [0.25, 0.3) is 0 Å². The molecule has 3 rings (SSSR count). The molecule has 0 aliphatic heterocycles. The summed E-state index contributed by atoms with van der Waals surface area (Å²) in [4.78, 5) is 5.57. The standard InChI is InChI=1S/C13H8ClNS/c14-13-10-5-2-1-4-9(10)8-11(15-13)12-6-3-7-16-12/h1-8H. The number of halogens is 1. The van der Waals surface area contributed by atoms with Crippen molar-refractivity contribution in [2.75, 3.05) is 0 Å². The highest BCUT2D eigenvalue weighted by Crippen LogP contribution is 2.29. The van der Waals surface area contributed by atoms with Crippen LogP contribution in [0.5, 0.6) is 0 Å². The molecule has 1 aromatic carbocycles. The molecule has 0 saturated heterocycles. The summed E-state index contributed by atoms with van der Waals surface area (Å²) in [5.41, 5.74) is 0.943. The summed E-state index contributed by atoms with van der Waals surface area (Å²) >= 11 is 7.84. The zero-order valence-electron chi connectivity index (χ0n) is 8.35. The molecule has 3 heteroatoms. The third kappa shape index (κ3) is 1.60. The van der Waals surface area contributed by atoms with Crippen LogP contribution in [0.2, 0.25) is 5.15 Å². The minimum atomic E-state index is 0.571. The minimum absolute atomic E-state index is 0.571. The number of pyridine rings is 1. The number of nitrogens with zero attached hydrogens (tertiary/aromatic N) is 1. The number of rotatable bonds is 1. The maximum absolute atomic E-state index is 6.17. The summed E-state index contributed by atoms with van der Waals surface area (Å²) < 4.78 is 0. The van der Waals surface area contributed by atoms with E-state index in [1.54, 1.807) is 11.3 Å². The van der Waals surface area contributed by atoms with E-state index < -0.39 is 0 Å². The molecule has 0 fully saturated rings. The first-order chi connectivity index (χ1) is 7.84. The molecule has 0 unspecified atom stereocenters. The largest absolute Gasteiger partial charge is 0.235 e. The van der Waals surface area contributed by atoms with Crippen molar-refractivity contribution < 1.29 is 0 Å². The van der Waals surface area contributed by atoms with Crippen molar-refractivity contribution in [1.29, 1.82) is 0 Å². The van der Waals surface area contributed by atoms with Crippen molar-refractivity contribution in [2.45, 2.75) is 0 Å². The van der Waals surface area contributed by atoms with Crippen molar-refractivity contribution in [3.05, 3.63) is 53.0 Å². The molecule has 0 radical (unpaired) electrons. The van der Waals surface area contributed by atoms with Crippen molar-refractivity contribution in [1.82, 2.24) is 4.98 Å². The maximum Gasteiger partial charge on any atom is 0.137 e. The number of hydrogen-bond acceptors (Lipinski definition) is 2. The van der Waals surface area contributed by atoms with Crippen molar-refractivity contribution in [3.8, 4) is 10.6 Å². The average molecular weight is 246 g/mol. The van der Waals surface area contributed by atoms with Gasteiger partial charge in [-0.1, -0.05) is 41.9 Å². The normalized spacial score (nSPS) is 10.8. The Labute approximate surface area is 102 Å². The van der Waals surface area contributed by atoms with Crippen LogP contribution in [0.15, 0.2) is 47.8 Å². The molecule has 1 nitrogen and oxygen atoms in total. The van der Waals surface area contributed by atoms with Gasteiger partial charge in [0, 0.05) is 5.39 Å². The van der Waals surface area contributed by atoms with Gasteiger partial charge in [0.2, 0.25) is 0 Å². The molecule has 0 N–H and O–H groups in total. The number of benzene rings is 1. The third-order valence-electron chi connectivity index (χ3n) is 2.47. The molecule has 78 valence electrons. The van der Waals surface area contributed by atoms with Crippen LogP contribution in [0.25, 0.3) is 21.3 Å². The minimum Gasteiger partial charge on any atom is -0.235 e. The van der Waals surface area contributed by atoms with Gasteiger partial charge in [-0.15, -0.1) is 11.3 Å². The van der Waals surface area contributed by atoms with E-state index in [4.69, 9.17) is 11.6 Å². The first-order valence-electron chi connectivity index (χ1n) is 4.94. The summed E-state index contributed by atoms with van der Waals surface area (Å²) in [6.07, 6.45) is 0. The van der Waals surface area contributed by atoms with E-state index in [9.17, 15) is 0 Å². The molecular weight excluding hydrogens is 238 g/mol. The number of hydrogen-bond donors (Lipinski definition) is 0. The zero-order valence-corrected chi connectivity index (χ0v) is 9.92. The second-order valence-corrected chi connectivity index (χ2v) is 4.80. The lowest BCUT2D eigenvalue weighted by atomic mass is 10.1. The molecular formula is C13H8ClNS. The van der Waals surface area contributed by atoms with Crippen LogP contribution in [0, 0.1) is 0 Å². The highest BCUT2D eigenvalue weighted by Gasteiger charge is 2.05. The summed E-state index contributed by atoms with van der Waals surface area (Å²) in [7, 11) is 0. The fourth-order valence-corrected chi connectivity index (χ4v) is 2.66. The van der Waals surface area contributed by atoms with Crippen LogP contribution in [-0.2, 0) is 0 Å². The highest BCUT2D eigenvalue weighted by molar-refractivity contribution is 7.13. The molecule has 2 heterocycles. The van der Waals surface area contributed by atoms with Crippen molar-refractivity contribution in [3.63, 3.8) is 0 Å². The molecule has 0 aliphatic carbocycles. The summed E-state index contributed by atoms with van der Waals surface area (Å²) in [5.74, 6) is 0. The molecule has 0 aliphatic rings. The molecule has 0 spiro atoms. The molecule has 0 atom stereocenters. The van der Waals surface area contributed by atoms with Gasteiger partial charge in [0.1, 0.15) is 5.15 Å². The Morgan fingerprint density at radius 2 is 1.94 bits per heavy atom. The summed E-state index contributed by atoms with van der Waals surface area (Å²) in [6.45, 7) is 0. The fourth-order valence-electron chi connectivity index (χ4n) is 1.71. The molecule has 0 amide bonds. The Morgan fingerprint density at radius 3 is 2.75 bits per heavy atom. The SMILES string of the molecule is Clc1nc(-c2cccs2)cc2ccccc12. The van der Waals surface area contributed by atoms with Crippen LogP contribution < -0.4 is 0 Å². The first-order valence-corrected chi connectivity index (χ1v) is 6.19. The van der Waals surface area contributed by atoms with Gasteiger partial charge in [-0.3, -0.25) is 0 Å². The van der Waals surface area contributed by atoms with E-state index >= 15 is 0 Å². The number of aromatic nitrogens is 1. The lowest BCUT2D eigenvalue weighted by molar-refractivity contribution is 1.37. The van der Waals surface area contributed by atoms with Gasteiger partial charge >= 0.3 is 0 Å². The van der Waals surface area contributed by atoms with E-state index in [0.717, 1.165) is 21.3 Å². The second kappa shape index (κ2) is 3.89. The van der Waals surface area contributed by atoms with Crippen molar-refractivity contribution >= 4 is 33.7 Å². The van der Waals surface area contributed by atoms with Gasteiger partial charge in [0.05, 0.1) is 10.6 Å². The van der Waals surface area contributed by atoms with Crippen LogP contribution in [0.4, 0.5) is 0 Å². The van der Waals surface area contributed by atoms with E-state index in [2.05, 4.69) is 23.2 Å². The topological polar surface area (TPSA) is 12.9 Å². The van der Waals surface area contributed by atoms with E-state index in [1.165, 1.54) is 0 Å². The second-order valence-electron chi connectivity index (χ2n) is 3.50. The van der Waals surface area contributed by atoms with Crippen LogP contribution in [0.3, 0.4) is 0 Å². The molecule has 0 saturated carbocycles. The Morgan fingerprint density at radius 1 is 1.06 bits per heavy atom. The third-order valence-corrected chi connectivity index (χ3v) is 3.65. The highest BCUT2D eigenvalue weighted by atomic mass is 35.5. The smallest absolute Gasteiger partial charge is 0.137 e. The Balaban J connectivity index is 2.29.